The van der Waals surface area contributed by atoms with Crippen LogP contribution in [0.1, 0.15) is 53.1 Å². The maximum absolute atomic E-state index is 14.2. The Kier molecular flexibility index (Phi) is 7.17. The smallest absolute Gasteiger partial charge is 0.374 e. The lowest BCUT2D eigenvalue weighted by atomic mass is 9.86. The van der Waals surface area contributed by atoms with Gasteiger partial charge < -0.3 is 4.84 Å². The predicted molar refractivity (Wildman–Crippen MR) is 131 cm³/mol. The minimum Gasteiger partial charge on any atom is -0.374 e. The molecule has 1 unspecified atom stereocenters. The summed E-state index contributed by atoms with van der Waals surface area (Å²) in [5.41, 5.74) is -2.30. The third-order valence-corrected chi connectivity index (χ3v) is 6.34. The van der Waals surface area contributed by atoms with Crippen molar-refractivity contribution in [1.82, 2.24) is 14.8 Å². The molecule has 1 aromatic heterocycles. The topological polar surface area (TPSA) is 81.4 Å². The van der Waals surface area contributed by atoms with E-state index in [9.17, 15) is 26.7 Å². The van der Waals surface area contributed by atoms with Gasteiger partial charge in [0.05, 0.1) is 5.71 Å². The van der Waals surface area contributed by atoms with E-state index >= 15 is 0 Å². The van der Waals surface area contributed by atoms with E-state index in [1.54, 1.807) is 13.8 Å². The Bertz CT molecular complexity index is 1410. The first-order valence-corrected chi connectivity index (χ1v) is 11.9. The Labute approximate surface area is 223 Å². The van der Waals surface area contributed by atoms with E-state index in [1.165, 1.54) is 24.3 Å². The maximum atomic E-state index is 14.2. The molecule has 1 atom stereocenters. The summed E-state index contributed by atoms with van der Waals surface area (Å²) in [6, 6.07) is 7.79. The molecular formula is C24H20Cl2F5N5O2. The summed E-state index contributed by atoms with van der Waals surface area (Å²) in [4.78, 5) is 21.5. The van der Waals surface area contributed by atoms with Crippen LogP contribution in [0.15, 0.2) is 41.6 Å². The maximum Gasteiger partial charge on any atom is 0.435 e. The molecule has 202 valence electrons. The van der Waals surface area contributed by atoms with Gasteiger partial charge in [-0.05, 0) is 55.3 Å². The van der Waals surface area contributed by atoms with E-state index in [2.05, 4.69) is 20.6 Å². The van der Waals surface area contributed by atoms with Crippen LogP contribution in [0.5, 0.6) is 0 Å². The molecule has 1 aliphatic rings. The molecule has 38 heavy (non-hydrogen) atoms. The average molecular weight is 576 g/mol. The molecule has 1 aliphatic heterocycles. The highest BCUT2D eigenvalue weighted by atomic mass is 35.5. The van der Waals surface area contributed by atoms with Crippen LogP contribution in [0.4, 0.5) is 27.9 Å². The van der Waals surface area contributed by atoms with Crippen molar-refractivity contribution in [3.8, 4) is 0 Å². The van der Waals surface area contributed by atoms with Gasteiger partial charge in [-0.25, -0.2) is 4.68 Å². The molecule has 0 aliphatic carbocycles. The summed E-state index contributed by atoms with van der Waals surface area (Å²) in [5, 5.41) is 9.98. The van der Waals surface area contributed by atoms with Crippen molar-refractivity contribution in [1.29, 1.82) is 0 Å². The van der Waals surface area contributed by atoms with E-state index in [4.69, 9.17) is 28.0 Å². The highest BCUT2D eigenvalue weighted by Gasteiger charge is 2.62. The SMILES string of the molecule is CCn1nc(NC(=O)c2ccc(C3=NOC(c4cc(Cl)cc(Cl)c4)(C(F)(F)F)C3)cc2C)nc1C(C)(F)F. The molecule has 14 heteroatoms. The first kappa shape index (κ1) is 27.8. The van der Waals surface area contributed by atoms with Crippen molar-refractivity contribution in [3.63, 3.8) is 0 Å². The van der Waals surface area contributed by atoms with Crippen LogP contribution in [-0.4, -0.2) is 32.6 Å². The molecule has 0 saturated carbocycles. The summed E-state index contributed by atoms with van der Waals surface area (Å²) >= 11 is 11.9. The lowest BCUT2D eigenvalue weighted by Gasteiger charge is -2.29. The fraction of sp³-hybridized carbons (Fsp3) is 0.333. The molecule has 0 fully saturated rings. The minimum absolute atomic E-state index is 0.00687. The number of aryl methyl sites for hydroxylation is 2. The molecule has 0 radical (unpaired) electrons. The molecule has 2 heterocycles. The van der Waals surface area contributed by atoms with Gasteiger partial charge in [0.15, 0.2) is 5.82 Å². The summed E-state index contributed by atoms with van der Waals surface area (Å²) in [7, 11) is 0. The molecule has 1 amide bonds. The van der Waals surface area contributed by atoms with Crippen LogP contribution in [0, 0.1) is 6.92 Å². The van der Waals surface area contributed by atoms with Crippen LogP contribution in [0.3, 0.4) is 0 Å². The van der Waals surface area contributed by atoms with E-state index in [0.29, 0.717) is 18.1 Å². The lowest BCUT2D eigenvalue weighted by Crippen LogP contribution is -2.42. The zero-order valence-corrected chi connectivity index (χ0v) is 21.6. The van der Waals surface area contributed by atoms with Crippen LogP contribution in [-0.2, 0) is 22.9 Å². The molecule has 7 nitrogen and oxygen atoms in total. The van der Waals surface area contributed by atoms with Gasteiger partial charge in [0.2, 0.25) is 5.95 Å². The van der Waals surface area contributed by atoms with Gasteiger partial charge >= 0.3 is 12.1 Å². The second kappa shape index (κ2) is 9.81. The number of aromatic nitrogens is 3. The Morgan fingerprint density at radius 1 is 1.13 bits per heavy atom. The quantitative estimate of drug-likeness (QED) is 0.325. The molecule has 0 spiro atoms. The summed E-state index contributed by atoms with van der Waals surface area (Å²) in [6.07, 6.45) is -5.52. The molecule has 4 rings (SSSR count). The fourth-order valence-electron chi connectivity index (χ4n) is 4.05. The van der Waals surface area contributed by atoms with E-state index in [-0.39, 0.29) is 39.4 Å². The van der Waals surface area contributed by atoms with Crippen LogP contribution in [0.2, 0.25) is 10.0 Å². The number of anilines is 1. The van der Waals surface area contributed by atoms with Gasteiger partial charge in [0, 0.05) is 41.1 Å². The number of carbonyl (C=O) groups excluding carboxylic acids is 1. The van der Waals surface area contributed by atoms with Crippen molar-refractivity contribution < 1.29 is 31.6 Å². The summed E-state index contributed by atoms with van der Waals surface area (Å²) < 4.78 is 71.2. The second-order valence-electron chi connectivity index (χ2n) is 8.74. The molecule has 0 bridgehead atoms. The number of carbonyl (C=O) groups is 1. The van der Waals surface area contributed by atoms with Gasteiger partial charge in [-0.3, -0.25) is 10.1 Å². The van der Waals surface area contributed by atoms with Gasteiger partial charge in [-0.1, -0.05) is 34.4 Å². The first-order valence-electron chi connectivity index (χ1n) is 11.2. The third-order valence-electron chi connectivity index (χ3n) is 5.91. The Morgan fingerprint density at radius 3 is 2.32 bits per heavy atom. The Morgan fingerprint density at radius 2 is 1.79 bits per heavy atom. The van der Waals surface area contributed by atoms with Gasteiger partial charge in [0.1, 0.15) is 0 Å². The number of amides is 1. The number of rotatable bonds is 6. The van der Waals surface area contributed by atoms with Crippen LogP contribution in [0.25, 0.3) is 0 Å². The summed E-state index contributed by atoms with van der Waals surface area (Å²) in [6.45, 7) is 3.94. The highest BCUT2D eigenvalue weighted by molar-refractivity contribution is 6.34. The van der Waals surface area contributed by atoms with E-state index in [0.717, 1.165) is 16.8 Å². The third kappa shape index (κ3) is 5.19. The standard InChI is InChI=1S/C24H20Cl2F5N5O2/c1-4-36-20(22(3,27)28)33-21(34-36)32-19(37)17-6-5-13(7-12(17)2)18-11-23(38-35-18,24(29,30)31)14-8-15(25)10-16(26)9-14/h5-10H,4,11H2,1-3H3,(H,32,34,37). The normalized spacial score (nSPS) is 17.8. The fourth-order valence-corrected chi connectivity index (χ4v) is 4.58. The number of nitrogens with one attached hydrogen (secondary N) is 1. The lowest BCUT2D eigenvalue weighted by molar-refractivity contribution is -0.275. The van der Waals surface area contributed by atoms with Gasteiger partial charge in [-0.2, -0.15) is 26.9 Å². The number of hydrogen-bond donors (Lipinski definition) is 1. The van der Waals surface area contributed by atoms with E-state index in [1.807, 2.05) is 0 Å². The van der Waals surface area contributed by atoms with Crippen LogP contribution >= 0.6 is 23.2 Å². The minimum atomic E-state index is -4.86. The predicted octanol–water partition coefficient (Wildman–Crippen LogP) is 6.86. The van der Waals surface area contributed by atoms with Crippen molar-refractivity contribution in [2.75, 3.05) is 5.32 Å². The summed E-state index contributed by atoms with van der Waals surface area (Å²) in [5.74, 6) is -4.86. The average Bonchev–Trinajstić information content (AvgIpc) is 3.43. The molecule has 0 saturated heterocycles. The van der Waals surface area contributed by atoms with Gasteiger partial charge in [0.25, 0.3) is 11.5 Å². The monoisotopic (exact) mass is 575 g/mol. The zero-order valence-electron chi connectivity index (χ0n) is 20.1. The highest BCUT2D eigenvalue weighted by Crippen LogP contribution is 2.49. The Hall–Kier alpha value is -3.25. The number of nitrogens with zero attached hydrogens (tertiary/aromatic N) is 4. The van der Waals surface area contributed by atoms with Crippen LogP contribution < -0.4 is 5.32 Å². The molecule has 2 aromatic carbocycles. The first-order chi connectivity index (χ1) is 17.6. The number of oxime groups is 1. The molecular weight excluding hydrogens is 556 g/mol. The van der Waals surface area contributed by atoms with Crippen molar-refractivity contribution in [2.45, 2.75) is 51.4 Å². The zero-order chi connectivity index (χ0) is 28.0. The molecule has 1 N–H and O–H groups in total. The number of alkyl halides is 5. The second-order valence-corrected chi connectivity index (χ2v) is 9.61. The largest absolute Gasteiger partial charge is 0.435 e. The number of halogens is 7. The Balaban J connectivity index is 1.58. The van der Waals surface area contributed by atoms with Crippen molar-refractivity contribution in [3.05, 3.63) is 74.5 Å². The van der Waals surface area contributed by atoms with Crippen molar-refractivity contribution in [2.24, 2.45) is 5.16 Å². The van der Waals surface area contributed by atoms with E-state index < -0.39 is 35.9 Å². The van der Waals surface area contributed by atoms with Crippen molar-refractivity contribution >= 4 is 40.8 Å². The number of hydrogen-bond acceptors (Lipinski definition) is 5. The number of benzene rings is 2. The molecule has 3 aromatic rings. The van der Waals surface area contributed by atoms with Gasteiger partial charge in [-0.15, -0.1) is 5.10 Å².